The first-order chi connectivity index (χ1) is 15.6. The number of aryl methyl sites for hydroxylation is 1. The van der Waals surface area contributed by atoms with Gasteiger partial charge in [0.15, 0.2) is 6.61 Å². The average Bonchev–Trinajstić information content (AvgIpc) is 3.28. The largest absolute Gasteiger partial charge is 0.482 e. The molecule has 0 saturated carbocycles. The van der Waals surface area contributed by atoms with E-state index in [1.165, 1.54) is 4.90 Å². The quantitative estimate of drug-likeness (QED) is 0.561. The van der Waals surface area contributed by atoms with Crippen molar-refractivity contribution in [3.8, 4) is 17.0 Å². The lowest BCUT2D eigenvalue weighted by Crippen LogP contribution is -2.43. The fourth-order valence-corrected chi connectivity index (χ4v) is 4.36. The van der Waals surface area contributed by atoms with E-state index in [9.17, 15) is 9.59 Å². The molecular formula is C24H25N3O4S. The molecule has 3 aromatic rings. The van der Waals surface area contributed by atoms with E-state index in [0.717, 1.165) is 40.4 Å². The Balaban J connectivity index is 1.55. The van der Waals surface area contributed by atoms with E-state index in [-0.39, 0.29) is 25.0 Å². The first-order valence-electron chi connectivity index (χ1n) is 10.5. The van der Waals surface area contributed by atoms with Crippen molar-refractivity contribution in [1.29, 1.82) is 0 Å². The van der Waals surface area contributed by atoms with Crippen molar-refractivity contribution in [2.45, 2.75) is 19.8 Å². The smallest absolute Gasteiger partial charge is 0.265 e. The fraction of sp³-hybridized carbons (Fsp3) is 0.292. The average molecular weight is 452 g/mol. The molecule has 166 valence electrons. The molecule has 0 saturated heterocycles. The Kier molecular flexibility index (Phi) is 6.82. The van der Waals surface area contributed by atoms with Gasteiger partial charge in [-0.1, -0.05) is 25.1 Å². The Hall–Kier alpha value is -3.23. The molecule has 1 aliphatic rings. The Morgan fingerprint density at radius 1 is 1.28 bits per heavy atom. The minimum absolute atomic E-state index is 0.0904. The molecular weight excluding hydrogens is 426 g/mol. The number of amides is 2. The Labute approximate surface area is 191 Å². The highest BCUT2D eigenvalue weighted by molar-refractivity contribution is 7.09. The normalized spacial score (nSPS) is 12.9. The number of rotatable bonds is 8. The SMILES string of the molecule is CCc1ccccc1NC(=O)CN1C(=O)COc2ccc(-c3csc(CCOC)n3)cc21. The summed E-state index contributed by atoms with van der Waals surface area (Å²) in [5.74, 6) is 0.0607. The zero-order valence-electron chi connectivity index (χ0n) is 18.1. The third-order valence-electron chi connectivity index (χ3n) is 5.24. The van der Waals surface area contributed by atoms with E-state index >= 15 is 0 Å². The number of aromatic nitrogens is 1. The van der Waals surface area contributed by atoms with Crippen LogP contribution in [0.4, 0.5) is 11.4 Å². The first-order valence-corrected chi connectivity index (χ1v) is 11.4. The van der Waals surface area contributed by atoms with Gasteiger partial charge < -0.3 is 14.8 Å². The number of nitrogens with zero attached hydrogens (tertiary/aromatic N) is 2. The van der Waals surface area contributed by atoms with Crippen LogP contribution in [0.2, 0.25) is 0 Å². The summed E-state index contributed by atoms with van der Waals surface area (Å²) in [6, 6.07) is 13.3. The van der Waals surface area contributed by atoms with Crippen molar-refractivity contribution >= 4 is 34.5 Å². The second kappa shape index (κ2) is 9.93. The number of carbonyl (C=O) groups excluding carboxylic acids is 2. The van der Waals surface area contributed by atoms with Crippen LogP contribution < -0.4 is 15.0 Å². The standard InChI is InChI=1S/C24H25N3O4S/c1-3-16-6-4-5-7-18(16)25-22(28)13-27-20-12-17(8-9-21(20)31-14-24(27)29)19-15-32-23(26-19)10-11-30-2/h4-9,12,15H,3,10-11,13-14H2,1-2H3,(H,25,28). The predicted molar refractivity (Wildman–Crippen MR) is 125 cm³/mol. The van der Waals surface area contributed by atoms with Crippen LogP contribution >= 0.6 is 11.3 Å². The van der Waals surface area contributed by atoms with E-state index in [2.05, 4.69) is 10.3 Å². The van der Waals surface area contributed by atoms with Gasteiger partial charge >= 0.3 is 0 Å². The molecule has 0 bridgehead atoms. The lowest BCUT2D eigenvalue weighted by molar-refractivity contribution is -0.123. The molecule has 0 unspecified atom stereocenters. The van der Waals surface area contributed by atoms with E-state index in [0.29, 0.717) is 18.0 Å². The van der Waals surface area contributed by atoms with Gasteiger partial charge in [0.1, 0.15) is 12.3 Å². The molecule has 4 rings (SSSR count). The molecule has 0 spiro atoms. The van der Waals surface area contributed by atoms with Gasteiger partial charge in [-0.2, -0.15) is 0 Å². The topological polar surface area (TPSA) is 80.8 Å². The van der Waals surface area contributed by atoms with Gasteiger partial charge in [0.25, 0.3) is 5.91 Å². The van der Waals surface area contributed by atoms with Gasteiger partial charge in [-0.25, -0.2) is 4.98 Å². The minimum atomic E-state index is -0.257. The molecule has 7 nitrogen and oxygen atoms in total. The number of benzene rings is 2. The van der Waals surface area contributed by atoms with Crippen molar-refractivity contribution in [3.05, 3.63) is 58.4 Å². The minimum Gasteiger partial charge on any atom is -0.482 e. The van der Waals surface area contributed by atoms with Crippen molar-refractivity contribution in [2.24, 2.45) is 0 Å². The van der Waals surface area contributed by atoms with Gasteiger partial charge in [-0.15, -0.1) is 11.3 Å². The zero-order valence-corrected chi connectivity index (χ0v) is 18.9. The van der Waals surface area contributed by atoms with E-state index in [1.54, 1.807) is 18.4 Å². The maximum absolute atomic E-state index is 12.8. The second-order valence-corrected chi connectivity index (χ2v) is 8.32. The van der Waals surface area contributed by atoms with E-state index < -0.39 is 0 Å². The van der Waals surface area contributed by atoms with Gasteiger partial charge in [0, 0.05) is 30.2 Å². The summed E-state index contributed by atoms with van der Waals surface area (Å²) in [7, 11) is 1.67. The maximum Gasteiger partial charge on any atom is 0.265 e. The fourth-order valence-electron chi connectivity index (χ4n) is 3.57. The van der Waals surface area contributed by atoms with Gasteiger partial charge in [-0.3, -0.25) is 14.5 Å². The predicted octanol–water partition coefficient (Wildman–Crippen LogP) is 3.93. The van der Waals surface area contributed by atoms with Gasteiger partial charge in [0.2, 0.25) is 5.91 Å². The lowest BCUT2D eigenvalue weighted by atomic mass is 10.1. The maximum atomic E-state index is 12.8. The molecule has 2 amide bonds. The van der Waals surface area contributed by atoms with Crippen LogP contribution in [0.15, 0.2) is 47.8 Å². The number of para-hydroxylation sites is 1. The van der Waals surface area contributed by atoms with Crippen molar-refractivity contribution in [3.63, 3.8) is 0 Å². The monoisotopic (exact) mass is 451 g/mol. The number of anilines is 2. The highest BCUT2D eigenvalue weighted by atomic mass is 32.1. The molecule has 1 aliphatic heterocycles. The van der Waals surface area contributed by atoms with Crippen LogP contribution in [0, 0.1) is 0 Å². The highest BCUT2D eigenvalue weighted by Crippen LogP contribution is 2.36. The van der Waals surface area contributed by atoms with E-state index in [1.807, 2.05) is 54.8 Å². The second-order valence-electron chi connectivity index (χ2n) is 7.38. The van der Waals surface area contributed by atoms with E-state index in [4.69, 9.17) is 9.47 Å². The number of fused-ring (bicyclic) bond motifs is 1. The van der Waals surface area contributed by atoms with Crippen LogP contribution in [-0.2, 0) is 27.2 Å². The summed E-state index contributed by atoms with van der Waals surface area (Å²) in [5.41, 5.74) is 4.07. The Bertz CT molecular complexity index is 1130. The molecule has 32 heavy (non-hydrogen) atoms. The third kappa shape index (κ3) is 4.81. The molecule has 0 radical (unpaired) electrons. The summed E-state index contributed by atoms with van der Waals surface area (Å²) >= 11 is 1.57. The molecule has 2 aromatic carbocycles. The molecule has 8 heteroatoms. The molecule has 1 N–H and O–H groups in total. The number of methoxy groups -OCH3 is 1. The Morgan fingerprint density at radius 3 is 2.94 bits per heavy atom. The highest BCUT2D eigenvalue weighted by Gasteiger charge is 2.28. The third-order valence-corrected chi connectivity index (χ3v) is 6.15. The summed E-state index contributed by atoms with van der Waals surface area (Å²) in [4.78, 5) is 31.6. The number of hydrogen-bond donors (Lipinski definition) is 1. The summed E-state index contributed by atoms with van der Waals surface area (Å²) in [6.07, 6.45) is 1.55. The summed E-state index contributed by atoms with van der Waals surface area (Å²) in [5, 5.41) is 5.90. The number of carbonyl (C=O) groups is 2. The Morgan fingerprint density at radius 2 is 2.12 bits per heavy atom. The molecule has 0 fully saturated rings. The van der Waals surface area contributed by atoms with Crippen LogP contribution in [0.3, 0.4) is 0 Å². The number of ether oxygens (including phenoxy) is 2. The van der Waals surface area contributed by atoms with Crippen molar-refractivity contribution < 1.29 is 19.1 Å². The molecule has 2 heterocycles. The van der Waals surface area contributed by atoms with Crippen molar-refractivity contribution in [2.75, 3.05) is 37.1 Å². The zero-order chi connectivity index (χ0) is 22.5. The van der Waals surface area contributed by atoms with Gasteiger partial charge in [0.05, 0.1) is 23.0 Å². The van der Waals surface area contributed by atoms with Crippen molar-refractivity contribution in [1.82, 2.24) is 4.98 Å². The first kappa shape index (κ1) is 22.0. The molecule has 0 atom stereocenters. The molecule has 1 aromatic heterocycles. The van der Waals surface area contributed by atoms with Crippen LogP contribution in [-0.4, -0.2) is 43.7 Å². The lowest BCUT2D eigenvalue weighted by Gasteiger charge is -2.29. The molecule has 0 aliphatic carbocycles. The van der Waals surface area contributed by atoms with Crippen LogP contribution in [0.25, 0.3) is 11.3 Å². The summed E-state index contributed by atoms with van der Waals surface area (Å²) in [6.45, 7) is 2.47. The number of thiazole rings is 1. The van der Waals surface area contributed by atoms with Gasteiger partial charge in [-0.05, 0) is 36.2 Å². The number of hydrogen-bond acceptors (Lipinski definition) is 6. The van der Waals surface area contributed by atoms with Crippen LogP contribution in [0.1, 0.15) is 17.5 Å². The number of nitrogens with one attached hydrogen (secondary N) is 1. The summed E-state index contributed by atoms with van der Waals surface area (Å²) < 4.78 is 10.7. The van der Waals surface area contributed by atoms with Crippen LogP contribution in [0.5, 0.6) is 5.75 Å².